The molecule has 2 heterocycles. The SMILES string of the molecule is O=C1CC(=NCC(=O)n2cnc3ccccc32)NN1. The van der Waals surface area contributed by atoms with Gasteiger partial charge in [-0.05, 0) is 12.1 Å². The largest absolute Gasteiger partial charge is 0.285 e. The molecule has 2 N–H and O–H groups in total. The van der Waals surface area contributed by atoms with Crippen molar-refractivity contribution in [2.45, 2.75) is 6.42 Å². The van der Waals surface area contributed by atoms with E-state index in [1.54, 1.807) is 0 Å². The number of fused-ring (bicyclic) bond motifs is 1. The lowest BCUT2D eigenvalue weighted by molar-refractivity contribution is -0.119. The van der Waals surface area contributed by atoms with E-state index < -0.39 is 0 Å². The van der Waals surface area contributed by atoms with Crippen molar-refractivity contribution >= 4 is 28.7 Å². The fraction of sp³-hybridized carbons (Fsp3) is 0.167. The molecule has 0 saturated carbocycles. The van der Waals surface area contributed by atoms with Crippen LogP contribution in [0.25, 0.3) is 11.0 Å². The van der Waals surface area contributed by atoms with Gasteiger partial charge in [0, 0.05) is 0 Å². The van der Waals surface area contributed by atoms with Crippen molar-refractivity contribution in [3.05, 3.63) is 30.6 Å². The molecule has 1 amide bonds. The molecule has 7 heteroatoms. The number of hydrazine groups is 1. The van der Waals surface area contributed by atoms with Gasteiger partial charge in [0.1, 0.15) is 18.7 Å². The van der Waals surface area contributed by atoms with Gasteiger partial charge in [0.05, 0.1) is 17.5 Å². The van der Waals surface area contributed by atoms with E-state index in [0.29, 0.717) is 5.84 Å². The molecule has 1 aliphatic rings. The van der Waals surface area contributed by atoms with Crippen LogP contribution in [0.4, 0.5) is 0 Å². The molecule has 2 aromatic rings. The standard InChI is InChI=1S/C12H11N5O2/c18-11-5-10(15-16-11)13-6-12(19)17-7-14-8-3-1-2-4-9(8)17/h1-4,7H,5-6H2,(H,13,15)(H,16,18). The Kier molecular flexibility index (Phi) is 2.71. The predicted octanol–water partition coefficient (Wildman–Crippen LogP) is 0.0995. The van der Waals surface area contributed by atoms with Crippen molar-refractivity contribution in [2.24, 2.45) is 4.99 Å². The van der Waals surface area contributed by atoms with Crippen LogP contribution in [0, 0.1) is 0 Å². The highest BCUT2D eigenvalue weighted by molar-refractivity contribution is 6.05. The van der Waals surface area contributed by atoms with Gasteiger partial charge in [-0.15, -0.1) is 0 Å². The summed E-state index contributed by atoms with van der Waals surface area (Å²) in [5.41, 5.74) is 6.54. The van der Waals surface area contributed by atoms with E-state index >= 15 is 0 Å². The number of hydrogen-bond donors (Lipinski definition) is 2. The summed E-state index contributed by atoms with van der Waals surface area (Å²) < 4.78 is 1.46. The molecule has 3 rings (SSSR count). The molecule has 96 valence electrons. The lowest BCUT2D eigenvalue weighted by Gasteiger charge is -2.01. The van der Waals surface area contributed by atoms with Gasteiger partial charge in [0.2, 0.25) is 5.91 Å². The van der Waals surface area contributed by atoms with Gasteiger partial charge in [-0.2, -0.15) is 0 Å². The Hall–Kier alpha value is -2.70. The average molecular weight is 257 g/mol. The Labute approximate surface area is 108 Å². The zero-order valence-electron chi connectivity index (χ0n) is 9.96. The maximum Gasteiger partial charge on any atom is 0.254 e. The van der Waals surface area contributed by atoms with Crippen molar-refractivity contribution in [1.82, 2.24) is 20.4 Å². The summed E-state index contributed by atoms with van der Waals surface area (Å²) in [4.78, 5) is 31.2. The van der Waals surface area contributed by atoms with Crippen LogP contribution < -0.4 is 10.9 Å². The number of nitrogens with zero attached hydrogens (tertiary/aromatic N) is 3. The van der Waals surface area contributed by atoms with Gasteiger partial charge in [-0.3, -0.25) is 30.0 Å². The number of hydrogen-bond acceptors (Lipinski definition) is 4. The fourth-order valence-corrected chi connectivity index (χ4v) is 1.87. The molecule has 1 fully saturated rings. The van der Waals surface area contributed by atoms with Gasteiger partial charge >= 0.3 is 0 Å². The first-order valence-electron chi connectivity index (χ1n) is 5.77. The van der Waals surface area contributed by atoms with Crippen LogP contribution in [-0.4, -0.2) is 33.7 Å². The molecular weight excluding hydrogens is 246 g/mol. The van der Waals surface area contributed by atoms with Crippen LogP contribution in [0.1, 0.15) is 11.2 Å². The Morgan fingerprint density at radius 2 is 2.21 bits per heavy atom. The number of imidazole rings is 1. The number of amidine groups is 1. The van der Waals surface area contributed by atoms with E-state index in [9.17, 15) is 9.59 Å². The molecule has 0 unspecified atom stereocenters. The second kappa shape index (κ2) is 4.52. The van der Waals surface area contributed by atoms with Gasteiger partial charge in [0.15, 0.2) is 0 Å². The minimum absolute atomic E-state index is 0.0301. The van der Waals surface area contributed by atoms with Gasteiger partial charge in [-0.1, -0.05) is 12.1 Å². The molecule has 0 bridgehead atoms. The second-order valence-electron chi connectivity index (χ2n) is 4.11. The number of aromatic nitrogens is 2. The molecule has 0 aliphatic carbocycles. The number of benzene rings is 1. The molecule has 1 aromatic carbocycles. The summed E-state index contributed by atoms with van der Waals surface area (Å²) in [6, 6.07) is 7.38. The third kappa shape index (κ3) is 2.17. The normalized spacial score (nSPS) is 16.6. The number of para-hydroxylation sites is 2. The summed E-state index contributed by atoms with van der Waals surface area (Å²) >= 11 is 0. The molecule has 1 saturated heterocycles. The van der Waals surface area contributed by atoms with E-state index in [-0.39, 0.29) is 24.8 Å². The minimum atomic E-state index is -0.192. The lowest BCUT2D eigenvalue weighted by Crippen LogP contribution is -2.29. The maximum atomic E-state index is 12.0. The van der Waals surface area contributed by atoms with Gasteiger partial charge < -0.3 is 0 Å². The zero-order valence-corrected chi connectivity index (χ0v) is 9.96. The summed E-state index contributed by atoms with van der Waals surface area (Å²) in [5.74, 6) is 0.129. The van der Waals surface area contributed by atoms with Crippen LogP contribution in [0.15, 0.2) is 35.6 Å². The van der Waals surface area contributed by atoms with Crippen molar-refractivity contribution < 1.29 is 9.59 Å². The molecule has 0 atom stereocenters. The highest BCUT2D eigenvalue weighted by Gasteiger charge is 2.16. The summed E-state index contributed by atoms with van der Waals surface area (Å²) in [6.07, 6.45) is 1.66. The Morgan fingerprint density at radius 3 is 3.00 bits per heavy atom. The third-order valence-corrected chi connectivity index (χ3v) is 2.80. The number of carbonyl (C=O) groups excluding carboxylic acids is 2. The first kappa shape index (κ1) is 11.4. The van der Waals surface area contributed by atoms with Crippen LogP contribution in [0.3, 0.4) is 0 Å². The van der Waals surface area contributed by atoms with E-state index in [4.69, 9.17) is 0 Å². The zero-order chi connectivity index (χ0) is 13.2. The summed E-state index contributed by atoms with van der Waals surface area (Å²) in [5, 5.41) is 0. The van der Waals surface area contributed by atoms with Crippen molar-refractivity contribution in [1.29, 1.82) is 0 Å². The topological polar surface area (TPSA) is 88.4 Å². The quantitative estimate of drug-likeness (QED) is 0.798. The van der Waals surface area contributed by atoms with Gasteiger partial charge in [-0.25, -0.2) is 4.98 Å². The minimum Gasteiger partial charge on any atom is -0.285 e. The highest BCUT2D eigenvalue weighted by Crippen LogP contribution is 2.11. The summed E-state index contributed by atoms with van der Waals surface area (Å²) in [7, 11) is 0. The average Bonchev–Trinajstić information content (AvgIpc) is 3.02. The van der Waals surface area contributed by atoms with Gasteiger partial charge in [0.25, 0.3) is 5.91 Å². The second-order valence-corrected chi connectivity index (χ2v) is 4.11. The van der Waals surface area contributed by atoms with Crippen LogP contribution in [-0.2, 0) is 4.79 Å². The molecule has 0 spiro atoms. The van der Waals surface area contributed by atoms with E-state index in [0.717, 1.165) is 11.0 Å². The lowest BCUT2D eigenvalue weighted by atomic mass is 10.3. The Bertz CT molecular complexity index is 688. The van der Waals surface area contributed by atoms with E-state index in [2.05, 4.69) is 20.8 Å². The molecular formula is C12H11N5O2. The molecule has 19 heavy (non-hydrogen) atoms. The smallest absolute Gasteiger partial charge is 0.254 e. The predicted molar refractivity (Wildman–Crippen MR) is 68.6 cm³/mol. The number of aliphatic imine (C=N–C) groups is 1. The van der Waals surface area contributed by atoms with Crippen LogP contribution in [0.2, 0.25) is 0 Å². The molecule has 1 aromatic heterocycles. The Morgan fingerprint density at radius 1 is 1.37 bits per heavy atom. The van der Waals surface area contributed by atoms with E-state index in [1.807, 2.05) is 24.3 Å². The van der Waals surface area contributed by atoms with Crippen molar-refractivity contribution in [3.8, 4) is 0 Å². The first-order valence-corrected chi connectivity index (χ1v) is 5.77. The van der Waals surface area contributed by atoms with Crippen LogP contribution >= 0.6 is 0 Å². The maximum absolute atomic E-state index is 12.0. The fourth-order valence-electron chi connectivity index (χ4n) is 1.87. The van der Waals surface area contributed by atoms with Crippen molar-refractivity contribution in [2.75, 3.05) is 6.54 Å². The molecule has 0 radical (unpaired) electrons. The van der Waals surface area contributed by atoms with E-state index in [1.165, 1.54) is 10.9 Å². The highest BCUT2D eigenvalue weighted by atomic mass is 16.2. The summed E-state index contributed by atoms with van der Waals surface area (Å²) in [6.45, 7) is -0.0301. The number of nitrogens with one attached hydrogen (secondary N) is 2. The van der Waals surface area contributed by atoms with Crippen molar-refractivity contribution in [3.63, 3.8) is 0 Å². The number of rotatable bonds is 2. The molecule has 7 nitrogen and oxygen atoms in total. The van der Waals surface area contributed by atoms with Crippen LogP contribution in [0.5, 0.6) is 0 Å². The number of amides is 1. The monoisotopic (exact) mass is 257 g/mol. The first-order chi connectivity index (χ1) is 9.24. The Balaban J connectivity index is 1.79. The molecule has 1 aliphatic heterocycles. The number of carbonyl (C=O) groups is 2. The third-order valence-electron chi connectivity index (χ3n) is 2.80.